The first-order chi connectivity index (χ1) is 7.99. The van der Waals surface area contributed by atoms with Crippen molar-refractivity contribution in [1.82, 2.24) is 0 Å². The zero-order valence-corrected chi connectivity index (χ0v) is 10.5. The molecule has 2 saturated carbocycles. The van der Waals surface area contributed by atoms with Crippen molar-refractivity contribution in [3.63, 3.8) is 0 Å². The summed E-state index contributed by atoms with van der Waals surface area (Å²) in [6.45, 7) is 2.26. The molecule has 0 saturated heterocycles. The second kappa shape index (κ2) is 4.94. The minimum atomic E-state index is -1.05. The van der Waals surface area contributed by atoms with Gasteiger partial charge >= 0.3 is 5.97 Å². The number of rotatable bonds is 3. The van der Waals surface area contributed by atoms with Gasteiger partial charge in [0.05, 0.1) is 12.2 Å². The van der Waals surface area contributed by atoms with Gasteiger partial charge in [-0.25, -0.2) is 0 Å². The lowest BCUT2D eigenvalue weighted by Crippen LogP contribution is -2.46. The summed E-state index contributed by atoms with van der Waals surface area (Å²) in [5.74, 6) is -0.155. The topological polar surface area (TPSA) is 72.5 Å². The Hall–Kier alpha value is -0.610. The largest absolute Gasteiger partial charge is 0.480 e. The van der Waals surface area contributed by atoms with Crippen LogP contribution in [0.25, 0.3) is 0 Å². The van der Waals surface area contributed by atoms with Crippen LogP contribution < -0.4 is 5.73 Å². The van der Waals surface area contributed by atoms with E-state index in [1.165, 1.54) is 12.8 Å². The number of hydrogen-bond acceptors (Lipinski definition) is 3. The van der Waals surface area contributed by atoms with Gasteiger partial charge in [-0.3, -0.25) is 4.79 Å². The van der Waals surface area contributed by atoms with Gasteiger partial charge in [0, 0.05) is 6.42 Å². The average molecular weight is 241 g/mol. The van der Waals surface area contributed by atoms with Crippen LogP contribution in [0, 0.1) is 5.92 Å². The third-order valence-electron chi connectivity index (χ3n) is 4.20. The van der Waals surface area contributed by atoms with Gasteiger partial charge < -0.3 is 15.6 Å². The Balaban J connectivity index is 1.83. The van der Waals surface area contributed by atoms with Crippen LogP contribution in [-0.4, -0.2) is 28.8 Å². The fourth-order valence-corrected chi connectivity index (χ4v) is 3.11. The van der Waals surface area contributed by atoms with Gasteiger partial charge in [0.1, 0.15) is 5.54 Å². The highest BCUT2D eigenvalue weighted by atomic mass is 16.5. The second-order valence-corrected chi connectivity index (χ2v) is 5.86. The lowest BCUT2D eigenvalue weighted by Gasteiger charge is -2.29. The zero-order chi connectivity index (χ0) is 12.5. The Kier molecular flexibility index (Phi) is 3.73. The van der Waals surface area contributed by atoms with Gasteiger partial charge in [-0.05, 0) is 31.6 Å². The smallest absolute Gasteiger partial charge is 0.323 e. The van der Waals surface area contributed by atoms with Gasteiger partial charge in [-0.2, -0.15) is 0 Å². The first-order valence-electron chi connectivity index (χ1n) is 6.67. The summed E-state index contributed by atoms with van der Waals surface area (Å²) in [6.07, 6.45) is 6.90. The van der Waals surface area contributed by atoms with Crippen LogP contribution in [-0.2, 0) is 9.53 Å². The van der Waals surface area contributed by atoms with E-state index in [-0.39, 0.29) is 6.10 Å². The molecule has 0 aliphatic heterocycles. The molecule has 4 unspecified atom stereocenters. The first kappa shape index (κ1) is 12.8. The highest BCUT2D eigenvalue weighted by molar-refractivity contribution is 5.78. The molecule has 4 atom stereocenters. The molecule has 0 heterocycles. The van der Waals surface area contributed by atoms with E-state index in [1.807, 2.05) is 0 Å². The zero-order valence-electron chi connectivity index (χ0n) is 10.5. The Morgan fingerprint density at radius 3 is 2.71 bits per heavy atom. The van der Waals surface area contributed by atoms with E-state index in [0.29, 0.717) is 18.9 Å². The minimum absolute atomic E-state index is 0.0476. The van der Waals surface area contributed by atoms with Crippen LogP contribution in [0.15, 0.2) is 0 Å². The number of hydrogen-bond donors (Lipinski definition) is 2. The van der Waals surface area contributed by atoms with E-state index in [1.54, 1.807) is 0 Å². The second-order valence-electron chi connectivity index (χ2n) is 5.86. The molecule has 0 aromatic heterocycles. The summed E-state index contributed by atoms with van der Waals surface area (Å²) in [6, 6.07) is 0. The van der Waals surface area contributed by atoms with Crippen molar-refractivity contribution >= 4 is 5.97 Å². The summed E-state index contributed by atoms with van der Waals surface area (Å²) in [4.78, 5) is 11.0. The molecule has 0 radical (unpaired) electrons. The quantitative estimate of drug-likeness (QED) is 0.791. The average Bonchev–Trinajstić information content (AvgIpc) is 2.61. The van der Waals surface area contributed by atoms with Crippen molar-refractivity contribution in [2.24, 2.45) is 11.7 Å². The van der Waals surface area contributed by atoms with Crippen molar-refractivity contribution in [3.8, 4) is 0 Å². The highest BCUT2D eigenvalue weighted by Crippen LogP contribution is 2.34. The third-order valence-corrected chi connectivity index (χ3v) is 4.20. The van der Waals surface area contributed by atoms with Crippen LogP contribution in [0.2, 0.25) is 0 Å². The Morgan fingerprint density at radius 2 is 2.12 bits per heavy atom. The van der Waals surface area contributed by atoms with E-state index in [0.717, 1.165) is 25.2 Å². The maximum Gasteiger partial charge on any atom is 0.323 e. The third kappa shape index (κ3) is 2.99. The van der Waals surface area contributed by atoms with E-state index in [2.05, 4.69) is 6.92 Å². The van der Waals surface area contributed by atoms with E-state index < -0.39 is 11.5 Å². The number of carbonyl (C=O) groups is 1. The van der Waals surface area contributed by atoms with Crippen LogP contribution >= 0.6 is 0 Å². The molecule has 2 rings (SSSR count). The summed E-state index contributed by atoms with van der Waals surface area (Å²) in [5, 5.41) is 9.06. The molecule has 2 aliphatic rings. The Morgan fingerprint density at radius 1 is 1.35 bits per heavy atom. The maximum absolute atomic E-state index is 11.0. The SMILES string of the molecule is CC1CCCC(OC2CCC(N)(C(=O)O)C2)C1. The molecule has 98 valence electrons. The fourth-order valence-electron chi connectivity index (χ4n) is 3.11. The summed E-state index contributed by atoms with van der Waals surface area (Å²) in [5.41, 5.74) is 4.79. The number of carboxylic acids is 1. The first-order valence-corrected chi connectivity index (χ1v) is 6.67. The molecule has 4 heteroatoms. The molecule has 4 nitrogen and oxygen atoms in total. The van der Waals surface area contributed by atoms with Crippen molar-refractivity contribution < 1.29 is 14.6 Å². The van der Waals surface area contributed by atoms with Crippen molar-refractivity contribution in [3.05, 3.63) is 0 Å². The molecule has 17 heavy (non-hydrogen) atoms. The molecule has 0 bridgehead atoms. The maximum atomic E-state index is 11.0. The summed E-state index contributed by atoms with van der Waals surface area (Å²) < 4.78 is 6.02. The fraction of sp³-hybridized carbons (Fsp3) is 0.923. The monoisotopic (exact) mass is 241 g/mol. The molecule has 0 aromatic carbocycles. The van der Waals surface area contributed by atoms with Gasteiger partial charge in [0.25, 0.3) is 0 Å². The van der Waals surface area contributed by atoms with Gasteiger partial charge in [0.15, 0.2) is 0 Å². The lowest BCUT2D eigenvalue weighted by atomic mass is 9.88. The summed E-state index contributed by atoms with van der Waals surface area (Å²) in [7, 11) is 0. The number of ether oxygens (including phenoxy) is 1. The summed E-state index contributed by atoms with van der Waals surface area (Å²) >= 11 is 0. The number of aliphatic carboxylic acids is 1. The highest BCUT2D eigenvalue weighted by Gasteiger charge is 2.43. The van der Waals surface area contributed by atoms with E-state index >= 15 is 0 Å². The van der Waals surface area contributed by atoms with Crippen molar-refractivity contribution in [1.29, 1.82) is 0 Å². The van der Waals surface area contributed by atoms with E-state index in [9.17, 15) is 4.79 Å². The standard InChI is InChI=1S/C13H23NO3/c1-9-3-2-4-10(7-9)17-11-5-6-13(14,8-11)12(15)16/h9-11H,2-8,14H2,1H3,(H,15,16). The molecule has 0 aromatic rings. The van der Waals surface area contributed by atoms with Crippen LogP contribution in [0.4, 0.5) is 0 Å². The van der Waals surface area contributed by atoms with E-state index in [4.69, 9.17) is 15.6 Å². The number of nitrogens with two attached hydrogens (primary N) is 1. The minimum Gasteiger partial charge on any atom is -0.480 e. The van der Waals surface area contributed by atoms with Crippen LogP contribution in [0.1, 0.15) is 51.9 Å². The van der Waals surface area contributed by atoms with Crippen molar-refractivity contribution in [2.75, 3.05) is 0 Å². The predicted octanol–water partition coefficient (Wildman–Crippen LogP) is 1.92. The molecular weight excluding hydrogens is 218 g/mol. The van der Waals surface area contributed by atoms with Gasteiger partial charge in [-0.1, -0.05) is 19.8 Å². The normalized spacial score (nSPS) is 42.6. The van der Waals surface area contributed by atoms with Crippen molar-refractivity contribution in [2.45, 2.75) is 69.6 Å². The molecule has 3 N–H and O–H groups in total. The van der Waals surface area contributed by atoms with Gasteiger partial charge in [0.2, 0.25) is 0 Å². The number of carboxylic acid groups (broad SMARTS) is 1. The lowest BCUT2D eigenvalue weighted by molar-refractivity contribution is -0.143. The van der Waals surface area contributed by atoms with Gasteiger partial charge in [-0.15, -0.1) is 0 Å². The molecule has 2 fully saturated rings. The van der Waals surface area contributed by atoms with Crippen LogP contribution in [0.5, 0.6) is 0 Å². The molecule has 0 spiro atoms. The Labute approximate surface area is 103 Å². The molecular formula is C13H23NO3. The van der Waals surface area contributed by atoms with Crippen LogP contribution in [0.3, 0.4) is 0 Å². The Bertz CT molecular complexity index is 294. The molecule has 2 aliphatic carbocycles. The predicted molar refractivity (Wildman–Crippen MR) is 64.7 cm³/mol. The molecule has 0 amide bonds.